The summed E-state index contributed by atoms with van der Waals surface area (Å²) in [5.41, 5.74) is 0.123. The fraction of sp³-hybridized carbons (Fsp3) is 0. The molecule has 3 rings (SSSR count). The van der Waals surface area contributed by atoms with E-state index >= 15 is 0 Å². The molecule has 0 unspecified atom stereocenters. The number of ether oxygens (including phenoxy) is 2. The van der Waals surface area contributed by atoms with Crippen LogP contribution in [-0.2, 0) is 14.8 Å². The number of esters is 1. The lowest BCUT2D eigenvalue weighted by Gasteiger charge is -2.10. The van der Waals surface area contributed by atoms with Gasteiger partial charge in [-0.1, -0.05) is 6.58 Å². The molecule has 31 heavy (non-hydrogen) atoms. The number of carbonyl (C=O) groups excluding carboxylic acids is 1. The summed E-state index contributed by atoms with van der Waals surface area (Å²) in [6, 6.07) is 8.19. The highest BCUT2D eigenvalue weighted by molar-refractivity contribution is 7.89. The van der Waals surface area contributed by atoms with E-state index in [0.29, 0.717) is 6.40 Å². The van der Waals surface area contributed by atoms with E-state index in [0.717, 1.165) is 23.1 Å². The second-order valence-corrected chi connectivity index (χ2v) is 7.50. The number of carbonyl (C=O) groups is 1. The molecule has 12 heteroatoms. The summed E-state index contributed by atoms with van der Waals surface area (Å²) in [5, 5.41) is 16.0. The fourth-order valence-electron chi connectivity index (χ4n) is 2.68. The Balaban J connectivity index is 2.19. The van der Waals surface area contributed by atoms with Crippen LogP contribution in [-0.4, -0.2) is 30.6 Å². The van der Waals surface area contributed by atoms with Gasteiger partial charge in [0.1, 0.15) is 0 Å². The Hall–Kier alpha value is -3.90. The number of halogens is 2. The zero-order valence-corrected chi connectivity index (χ0v) is 16.4. The lowest BCUT2D eigenvalue weighted by Crippen LogP contribution is -2.12. The molecule has 0 fully saturated rings. The molecule has 0 spiro atoms. The van der Waals surface area contributed by atoms with E-state index < -0.39 is 33.4 Å². The number of hydrogen-bond donors (Lipinski definition) is 2. The molecule has 9 nitrogen and oxygen atoms in total. The normalized spacial score (nSPS) is 11.1. The first-order valence-corrected chi connectivity index (χ1v) is 9.90. The Bertz CT molecular complexity index is 1260. The van der Waals surface area contributed by atoms with E-state index in [-0.39, 0.29) is 27.5 Å². The van der Waals surface area contributed by atoms with Gasteiger partial charge in [0.15, 0.2) is 29.5 Å². The molecule has 0 saturated carbocycles. The fourth-order valence-corrected chi connectivity index (χ4v) is 3.19. The maximum atomic E-state index is 14.3. The molecule has 1 aromatic heterocycles. The number of benzene rings is 2. The van der Waals surface area contributed by atoms with Crippen LogP contribution in [0, 0.1) is 17.0 Å². The van der Waals surface area contributed by atoms with Gasteiger partial charge in [-0.25, -0.2) is 31.8 Å². The summed E-state index contributed by atoms with van der Waals surface area (Å²) < 4.78 is 61.9. The van der Waals surface area contributed by atoms with Gasteiger partial charge < -0.3 is 9.47 Å². The second kappa shape index (κ2) is 8.45. The van der Waals surface area contributed by atoms with Gasteiger partial charge in [-0.3, -0.25) is 5.41 Å². The number of nitrogens with zero attached hydrogens (tertiary/aromatic N) is 2. The van der Waals surface area contributed by atoms with Crippen molar-refractivity contribution in [3.63, 3.8) is 0 Å². The van der Waals surface area contributed by atoms with Gasteiger partial charge in [-0.2, -0.15) is 5.10 Å². The molecule has 0 aliphatic rings. The molecular weight excluding hydrogens is 434 g/mol. The highest BCUT2D eigenvalue weighted by Gasteiger charge is 2.21. The monoisotopic (exact) mass is 448 g/mol. The molecule has 0 radical (unpaired) electrons. The lowest BCUT2D eigenvalue weighted by atomic mass is 10.1. The molecule has 0 aliphatic carbocycles. The highest BCUT2D eigenvalue weighted by Crippen LogP contribution is 2.31. The van der Waals surface area contributed by atoms with Crippen LogP contribution in [0.3, 0.4) is 0 Å². The van der Waals surface area contributed by atoms with E-state index in [4.69, 9.17) is 15.3 Å². The molecule has 160 valence electrons. The zero-order chi connectivity index (χ0) is 22.8. The van der Waals surface area contributed by atoms with Crippen molar-refractivity contribution in [3.05, 3.63) is 72.6 Å². The van der Waals surface area contributed by atoms with Crippen molar-refractivity contribution in [2.75, 3.05) is 0 Å². The summed E-state index contributed by atoms with van der Waals surface area (Å²) in [5.74, 6) is -3.83. The number of hydrogen-bond acceptors (Lipinski definition) is 7. The van der Waals surface area contributed by atoms with E-state index in [9.17, 15) is 22.0 Å². The molecule has 0 bridgehead atoms. The lowest BCUT2D eigenvalue weighted by molar-refractivity contribution is 0.0657. The van der Waals surface area contributed by atoms with Gasteiger partial charge in [-0.05, 0) is 42.5 Å². The van der Waals surface area contributed by atoms with Crippen LogP contribution < -0.4 is 9.88 Å². The standard InChI is InChI=1S/C19H14F2N4O5S/c1-2-29-19(26)16-9-17(11-7-14(20)18(30-10-22)15(21)8-11)25(24-16)12-3-5-13(6-4-12)31(23,27)28/h2-10,22H,1H2,(H2,23,27,28). The van der Waals surface area contributed by atoms with Crippen LogP contribution >= 0.6 is 0 Å². The van der Waals surface area contributed by atoms with Crippen molar-refractivity contribution in [3.8, 4) is 22.7 Å². The first-order valence-electron chi connectivity index (χ1n) is 8.36. The van der Waals surface area contributed by atoms with Gasteiger partial charge in [0.25, 0.3) is 0 Å². The van der Waals surface area contributed by atoms with Crippen molar-refractivity contribution >= 4 is 22.4 Å². The van der Waals surface area contributed by atoms with Crippen molar-refractivity contribution in [1.29, 1.82) is 5.41 Å². The van der Waals surface area contributed by atoms with Crippen molar-refractivity contribution in [1.82, 2.24) is 9.78 Å². The third kappa shape index (κ3) is 4.49. The summed E-state index contributed by atoms with van der Waals surface area (Å²) >= 11 is 0. The molecule has 0 atom stereocenters. The predicted molar refractivity (Wildman–Crippen MR) is 105 cm³/mol. The van der Waals surface area contributed by atoms with Crippen molar-refractivity contribution in [2.24, 2.45) is 5.14 Å². The van der Waals surface area contributed by atoms with Gasteiger partial charge in [0, 0.05) is 5.56 Å². The van der Waals surface area contributed by atoms with Crippen LogP contribution in [0.25, 0.3) is 16.9 Å². The first-order chi connectivity index (χ1) is 14.7. The minimum absolute atomic E-state index is 0.0204. The second-order valence-electron chi connectivity index (χ2n) is 5.94. The third-order valence-electron chi connectivity index (χ3n) is 3.99. The number of nitrogens with two attached hydrogens (primary N) is 1. The average molecular weight is 448 g/mol. The minimum Gasteiger partial charge on any atom is -0.440 e. The molecule has 2 aromatic carbocycles. The summed E-state index contributed by atoms with van der Waals surface area (Å²) in [6.45, 7) is 3.28. The Kier molecular flexibility index (Phi) is 5.95. The van der Waals surface area contributed by atoms with Crippen LogP contribution in [0.4, 0.5) is 8.78 Å². The molecule has 3 N–H and O–H groups in total. The van der Waals surface area contributed by atoms with Crippen molar-refractivity contribution in [2.45, 2.75) is 4.90 Å². The van der Waals surface area contributed by atoms with Gasteiger partial charge in [-0.15, -0.1) is 0 Å². The number of rotatable bonds is 7. The largest absolute Gasteiger partial charge is 0.440 e. The van der Waals surface area contributed by atoms with Crippen LogP contribution in [0.2, 0.25) is 0 Å². The topological polar surface area (TPSA) is 137 Å². The van der Waals surface area contributed by atoms with E-state index in [1.807, 2.05) is 0 Å². The Labute approximate surface area is 174 Å². The molecule has 0 amide bonds. The maximum Gasteiger partial charge on any atom is 0.363 e. The number of aromatic nitrogens is 2. The number of primary sulfonamides is 1. The maximum absolute atomic E-state index is 14.3. The Morgan fingerprint density at radius 3 is 2.29 bits per heavy atom. The molecule has 0 aliphatic heterocycles. The van der Waals surface area contributed by atoms with Crippen LogP contribution in [0.15, 0.2) is 60.2 Å². The molecular formula is C19H14F2N4O5S. The minimum atomic E-state index is -3.95. The summed E-state index contributed by atoms with van der Waals surface area (Å²) in [4.78, 5) is 11.9. The van der Waals surface area contributed by atoms with Gasteiger partial charge in [0.05, 0.1) is 22.5 Å². The average Bonchev–Trinajstić information content (AvgIpc) is 3.16. The molecule has 0 saturated heterocycles. The van der Waals surface area contributed by atoms with E-state index in [2.05, 4.69) is 16.4 Å². The van der Waals surface area contributed by atoms with E-state index in [1.54, 1.807) is 0 Å². The highest BCUT2D eigenvalue weighted by atomic mass is 32.2. The molecule has 1 heterocycles. The summed E-state index contributed by atoms with van der Waals surface area (Å²) in [7, 11) is -3.95. The van der Waals surface area contributed by atoms with Crippen molar-refractivity contribution < 1.29 is 31.5 Å². The number of sulfonamides is 1. The Morgan fingerprint density at radius 1 is 1.16 bits per heavy atom. The Morgan fingerprint density at radius 2 is 1.77 bits per heavy atom. The first kappa shape index (κ1) is 21.8. The SMILES string of the molecule is C=COC(=O)c1cc(-c2cc(F)c(OC=N)c(F)c2)n(-c2ccc(S(N)(=O)=O)cc2)n1. The summed E-state index contributed by atoms with van der Waals surface area (Å²) in [6.07, 6.45) is 1.27. The number of nitrogens with one attached hydrogen (secondary N) is 1. The van der Waals surface area contributed by atoms with Crippen LogP contribution in [0.5, 0.6) is 5.75 Å². The third-order valence-corrected chi connectivity index (χ3v) is 4.92. The van der Waals surface area contributed by atoms with Crippen LogP contribution in [0.1, 0.15) is 10.5 Å². The molecule has 3 aromatic rings. The smallest absolute Gasteiger partial charge is 0.363 e. The predicted octanol–water partition coefficient (Wildman–Crippen LogP) is 2.75. The quantitative estimate of drug-likeness (QED) is 0.247. The van der Waals surface area contributed by atoms with E-state index in [1.165, 1.54) is 30.3 Å². The van der Waals surface area contributed by atoms with Gasteiger partial charge >= 0.3 is 5.97 Å². The zero-order valence-electron chi connectivity index (χ0n) is 15.6. The van der Waals surface area contributed by atoms with Gasteiger partial charge in [0.2, 0.25) is 10.0 Å².